The predicted octanol–water partition coefficient (Wildman–Crippen LogP) is 7.43. The van der Waals surface area contributed by atoms with Crippen molar-refractivity contribution in [3.05, 3.63) is 0 Å². The molecule has 18 heteroatoms. The van der Waals surface area contributed by atoms with Gasteiger partial charge in [-0.3, -0.25) is 9.36 Å². The van der Waals surface area contributed by atoms with E-state index in [9.17, 15) is 28.5 Å². The first-order valence-corrected chi connectivity index (χ1v) is 30.1. The minimum atomic E-state index is -4.69. The summed E-state index contributed by atoms with van der Waals surface area (Å²) >= 11 is 0. The fourth-order valence-corrected chi connectivity index (χ4v) is 8.99. The van der Waals surface area contributed by atoms with Crippen molar-refractivity contribution in [2.24, 2.45) is 0 Å². The molecule has 0 aromatic carbocycles. The summed E-state index contributed by atoms with van der Waals surface area (Å²) in [4.78, 5) is 46.0. The van der Waals surface area contributed by atoms with E-state index in [1.165, 1.54) is 201 Å². The van der Waals surface area contributed by atoms with E-state index in [1.807, 2.05) is 0 Å². The van der Waals surface area contributed by atoms with E-state index in [0.29, 0.717) is 13.2 Å². The van der Waals surface area contributed by atoms with Crippen LogP contribution < -0.4 is 68.9 Å². The Hall–Kier alpha value is 1.08. The Bertz CT molecular complexity index is 1180. The second-order valence-corrected chi connectivity index (χ2v) is 21.2. The van der Waals surface area contributed by atoms with Gasteiger partial charge in [-0.15, -0.1) is 0 Å². The molecule has 0 aromatic rings. The molecule has 0 radical (unpaired) electrons. The Balaban J connectivity index is -0.000000595. The van der Waals surface area contributed by atoms with Gasteiger partial charge in [0.1, 0.15) is 26.0 Å². The molecule has 0 aromatic heterocycles. The molecular formula is C51H102Na2O14P2. The van der Waals surface area contributed by atoms with Crippen LogP contribution in [0.25, 0.3) is 0 Å². The first kappa shape index (κ1) is 76.6. The maximum Gasteiger partial charge on any atom is 1.00 e. The molecule has 0 aliphatic rings. The molecule has 0 saturated heterocycles. The topological polar surface area (TPSA) is 188 Å². The zero-order chi connectivity index (χ0) is 50.0. The van der Waals surface area contributed by atoms with E-state index in [2.05, 4.69) is 23.3 Å². The SMILES string of the molecule is CCCCCCCCCCCCCCCCCCOC[C@H](COP(=O)([O-])C(=O)OCC)OC.CCCCCCCCCCCCCCCCCCOC[C@H](COP(=O)([O-])CC(=O)OCC)OC.[Na+].[Na+]. The summed E-state index contributed by atoms with van der Waals surface area (Å²) in [5, 5.41) is 0. The van der Waals surface area contributed by atoms with Gasteiger partial charge in [-0.25, -0.2) is 4.79 Å². The summed E-state index contributed by atoms with van der Waals surface area (Å²) < 4.78 is 63.6. The molecule has 2 unspecified atom stereocenters. The Morgan fingerprint density at radius 1 is 0.420 bits per heavy atom. The number of unbranched alkanes of at least 4 members (excludes halogenated alkanes) is 30. The summed E-state index contributed by atoms with van der Waals surface area (Å²) in [5.41, 5.74) is -1.35. The van der Waals surface area contributed by atoms with Crippen LogP contribution in [0.15, 0.2) is 0 Å². The minimum absolute atomic E-state index is 0. The fourth-order valence-electron chi connectivity index (χ4n) is 7.35. The van der Waals surface area contributed by atoms with Gasteiger partial charge in [0.05, 0.1) is 39.6 Å². The van der Waals surface area contributed by atoms with Crippen LogP contribution in [0.3, 0.4) is 0 Å². The Labute approximate surface area is 467 Å². The quantitative estimate of drug-likeness (QED) is 0.0253. The average molecular weight is 1050 g/mol. The van der Waals surface area contributed by atoms with Gasteiger partial charge in [-0.2, -0.15) is 0 Å². The normalized spacial score (nSPS) is 13.7. The largest absolute Gasteiger partial charge is 1.00 e. The van der Waals surface area contributed by atoms with Gasteiger partial charge in [-0.05, 0) is 26.7 Å². The van der Waals surface area contributed by atoms with E-state index in [-0.39, 0.29) is 98.8 Å². The molecule has 0 aliphatic heterocycles. The van der Waals surface area contributed by atoms with Crippen LogP contribution in [0.5, 0.6) is 0 Å². The molecule has 0 rings (SSSR count). The van der Waals surface area contributed by atoms with Crippen LogP contribution in [0.4, 0.5) is 4.79 Å². The van der Waals surface area contributed by atoms with Crippen LogP contribution in [0, 0.1) is 0 Å². The van der Waals surface area contributed by atoms with Gasteiger partial charge in [0.15, 0.2) is 0 Å². The number of esters is 1. The average Bonchev–Trinajstić information content (AvgIpc) is 3.30. The summed E-state index contributed by atoms with van der Waals surface area (Å²) in [6.07, 6.45) is 40.6. The number of ether oxygens (including phenoxy) is 6. The van der Waals surface area contributed by atoms with Crippen LogP contribution in [-0.4, -0.2) is 97.1 Å². The van der Waals surface area contributed by atoms with E-state index >= 15 is 0 Å². The van der Waals surface area contributed by atoms with Gasteiger partial charge in [0, 0.05) is 27.4 Å². The number of methoxy groups -OCH3 is 2. The number of hydrogen-bond donors (Lipinski definition) is 0. The third kappa shape index (κ3) is 56.6. The van der Waals surface area contributed by atoms with E-state index in [4.69, 9.17) is 28.0 Å². The van der Waals surface area contributed by atoms with Crippen molar-refractivity contribution < 1.29 is 125 Å². The summed E-state index contributed by atoms with van der Waals surface area (Å²) in [7, 11) is -6.05. The molecule has 0 fully saturated rings. The first-order chi connectivity index (χ1) is 32.4. The van der Waals surface area contributed by atoms with E-state index < -0.39 is 45.2 Å². The smallest absolute Gasteiger partial charge is 0.778 e. The van der Waals surface area contributed by atoms with Crippen LogP contribution in [-0.2, 0) is 51.4 Å². The van der Waals surface area contributed by atoms with Crippen molar-refractivity contribution in [1.29, 1.82) is 0 Å². The van der Waals surface area contributed by atoms with Gasteiger partial charge >= 0.3 is 70.8 Å². The summed E-state index contributed by atoms with van der Waals surface area (Å²) in [6, 6.07) is 0. The Morgan fingerprint density at radius 2 is 0.710 bits per heavy atom. The van der Waals surface area contributed by atoms with E-state index in [1.54, 1.807) is 6.92 Å². The maximum atomic E-state index is 11.8. The maximum absolute atomic E-state index is 11.8. The second-order valence-electron chi connectivity index (χ2n) is 17.8. The Morgan fingerprint density at radius 3 is 1.00 bits per heavy atom. The molecule has 0 spiro atoms. The van der Waals surface area contributed by atoms with Gasteiger partial charge < -0.3 is 51.8 Å². The molecule has 0 bridgehead atoms. The first-order valence-electron chi connectivity index (χ1n) is 26.9. The second kappa shape index (κ2) is 58.3. The van der Waals surface area contributed by atoms with Crippen molar-refractivity contribution in [3.8, 4) is 0 Å². The minimum Gasteiger partial charge on any atom is -0.778 e. The molecule has 4 atom stereocenters. The summed E-state index contributed by atoms with van der Waals surface area (Å²) in [5.74, 6) is -0.811. The monoisotopic (exact) mass is 1050 g/mol. The van der Waals surface area contributed by atoms with Gasteiger partial charge in [0.25, 0.3) is 0 Å². The zero-order valence-electron chi connectivity index (χ0n) is 45.8. The van der Waals surface area contributed by atoms with Gasteiger partial charge in [-0.1, -0.05) is 206 Å². The molecule has 402 valence electrons. The van der Waals surface area contributed by atoms with Crippen molar-refractivity contribution in [2.45, 2.75) is 245 Å². The van der Waals surface area contributed by atoms with Crippen LogP contribution >= 0.6 is 15.2 Å². The van der Waals surface area contributed by atoms with Crippen molar-refractivity contribution in [2.75, 3.05) is 73.2 Å². The number of carbonyl (C=O) groups excluding carboxylic acids is 2. The van der Waals surface area contributed by atoms with Crippen molar-refractivity contribution in [3.63, 3.8) is 0 Å². The standard InChI is InChI=1S/C26H53O7P.C25H51O7P.2Na/c1-4-6-7-8-9-10-11-12-13-14-15-16-17-18-19-20-21-31-22-25(30-3)23-33-34(28,29)24-26(27)32-5-2;1-4-6-7-8-9-10-11-12-13-14-15-16-17-18-19-20-21-30-22-24(29-3)23-32-33(27,28)25(26)31-5-2;;/h25H,4-24H2,1-3H3,(H,28,29);24H,4-23H2,1-3H3,(H,27,28);;/q;;2*+1/p-2/t25-;24-;;/m11../s1. The van der Waals surface area contributed by atoms with Crippen LogP contribution in [0.1, 0.15) is 233 Å². The van der Waals surface area contributed by atoms with Crippen LogP contribution in [0.2, 0.25) is 0 Å². The van der Waals surface area contributed by atoms with Crippen molar-refractivity contribution >= 4 is 26.9 Å². The predicted molar refractivity (Wildman–Crippen MR) is 268 cm³/mol. The third-order valence-corrected chi connectivity index (χ3v) is 13.8. The molecule has 14 nitrogen and oxygen atoms in total. The molecular weight excluding hydrogens is 944 g/mol. The molecule has 0 saturated carbocycles. The molecule has 0 heterocycles. The van der Waals surface area contributed by atoms with Gasteiger partial charge in [0.2, 0.25) is 7.60 Å². The molecule has 69 heavy (non-hydrogen) atoms. The van der Waals surface area contributed by atoms with E-state index in [0.717, 1.165) is 25.7 Å². The molecule has 0 aliphatic carbocycles. The molecule has 0 amide bonds. The number of carbonyl (C=O) groups is 2. The third-order valence-electron chi connectivity index (χ3n) is 11.6. The number of hydrogen-bond acceptors (Lipinski definition) is 14. The zero-order valence-corrected chi connectivity index (χ0v) is 51.5. The Kier molecular flexibility index (Phi) is 64.8. The van der Waals surface area contributed by atoms with Crippen molar-refractivity contribution in [1.82, 2.24) is 0 Å². The fraction of sp³-hybridized carbons (Fsp3) is 0.961. The molecule has 0 N–H and O–H groups in total. The summed E-state index contributed by atoms with van der Waals surface area (Å²) in [6.45, 7) is 9.05. The number of rotatable bonds is 51.